The summed E-state index contributed by atoms with van der Waals surface area (Å²) in [6, 6.07) is 6.33. The van der Waals surface area contributed by atoms with Gasteiger partial charge in [-0.2, -0.15) is 0 Å². The second-order valence-electron chi connectivity index (χ2n) is 3.33. The predicted molar refractivity (Wildman–Crippen MR) is 66.5 cm³/mol. The molecule has 1 unspecified atom stereocenters. The topological polar surface area (TPSA) is 86.6 Å². The second-order valence-corrected chi connectivity index (χ2v) is 6.31. The van der Waals surface area contributed by atoms with E-state index in [2.05, 4.69) is 4.72 Å². The van der Waals surface area contributed by atoms with E-state index in [1.807, 2.05) is 0 Å². The van der Waals surface area contributed by atoms with E-state index in [0.717, 1.165) is 4.90 Å². The lowest BCUT2D eigenvalue weighted by molar-refractivity contribution is 0.113. The van der Waals surface area contributed by atoms with E-state index in [4.69, 9.17) is 10.2 Å². The van der Waals surface area contributed by atoms with Crippen LogP contribution in [0.5, 0.6) is 0 Å². The van der Waals surface area contributed by atoms with Crippen LogP contribution in [0.3, 0.4) is 0 Å². The number of aliphatic hydroxyl groups is 2. The fourth-order valence-electron chi connectivity index (χ4n) is 1.08. The number of nitrogens with one attached hydrogen (secondary N) is 1. The van der Waals surface area contributed by atoms with Gasteiger partial charge in [-0.05, 0) is 31.3 Å². The van der Waals surface area contributed by atoms with Crippen molar-refractivity contribution in [1.29, 1.82) is 0 Å². The molecule has 17 heavy (non-hydrogen) atoms. The molecule has 0 aliphatic heterocycles. The van der Waals surface area contributed by atoms with E-state index in [1.165, 1.54) is 30.9 Å². The number of rotatable bonds is 6. The van der Waals surface area contributed by atoms with Crippen molar-refractivity contribution in [3.05, 3.63) is 24.3 Å². The highest BCUT2D eigenvalue weighted by molar-refractivity contribution is 7.99. The number of sulfonamides is 1. The van der Waals surface area contributed by atoms with Crippen molar-refractivity contribution in [3.63, 3.8) is 0 Å². The highest BCUT2D eigenvalue weighted by atomic mass is 32.2. The van der Waals surface area contributed by atoms with Crippen molar-refractivity contribution in [2.75, 3.05) is 19.4 Å². The molecular formula is C10H15NO4S2. The lowest BCUT2D eigenvalue weighted by Gasteiger charge is -2.07. The zero-order chi connectivity index (χ0) is 12.9. The molecule has 0 aromatic heterocycles. The van der Waals surface area contributed by atoms with Gasteiger partial charge >= 0.3 is 0 Å². The zero-order valence-corrected chi connectivity index (χ0v) is 11.0. The number of aliphatic hydroxyl groups excluding tert-OH is 2. The lowest BCUT2D eigenvalue weighted by atomic mass is 10.4. The summed E-state index contributed by atoms with van der Waals surface area (Å²) in [7, 11) is -2.04. The van der Waals surface area contributed by atoms with Gasteiger partial charge in [0.2, 0.25) is 10.0 Å². The molecule has 0 aliphatic rings. The van der Waals surface area contributed by atoms with Crippen LogP contribution < -0.4 is 4.72 Å². The molecule has 0 saturated carbocycles. The van der Waals surface area contributed by atoms with E-state index in [-0.39, 0.29) is 11.5 Å². The largest absolute Gasteiger partial charge is 0.394 e. The van der Waals surface area contributed by atoms with Gasteiger partial charge in [0.1, 0.15) is 0 Å². The molecular weight excluding hydrogens is 262 g/mol. The van der Waals surface area contributed by atoms with Crippen LogP contribution in [0.1, 0.15) is 0 Å². The Hall–Kier alpha value is -0.600. The third-order valence-electron chi connectivity index (χ3n) is 2.06. The van der Waals surface area contributed by atoms with Crippen molar-refractivity contribution < 1.29 is 18.6 Å². The normalized spacial score (nSPS) is 13.6. The van der Waals surface area contributed by atoms with Crippen LogP contribution in [0.25, 0.3) is 0 Å². The van der Waals surface area contributed by atoms with Gasteiger partial charge in [0, 0.05) is 10.6 Å². The van der Waals surface area contributed by atoms with Crippen molar-refractivity contribution >= 4 is 21.8 Å². The zero-order valence-electron chi connectivity index (χ0n) is 9.33. The molecule has 7 heteroatoms. The Balaban J connectivity index is 2.69. The van der Waals surface area contributed by atoms with Crippen LogP contribution in [0.2, 0.25) is 0 Å². The fraction of sp³-hybridized carbons (Fsp3) is 0.400. The van der Waals surface area contributed by atoms with Crippen LogP contribution in [-0.4, -0.2) is 44.1 Å². The number of hydrogen-bond donors (Lipinski definition) is 3. The third kappa shape index (κ3) is 4.29. The minimum atomic E-state index is -3.40. The molecule has 0 aliphatic carbocycles. The average Bonchev–Trinajstić information content (AvgIpc) is 2.36. The maximum Gasteiger partial charge on any atom is 0.240 e. The smallest absolute Gasteiger partial charge is 0.240 e. The number of thioether (sulfide) groups is 1. The van der Waals surface area contributed by atoms with E-state index in [9.17, 15) is 8.42 Å². The molecule has 96 valence electrons. The van der Waals surface area contributed by atoms with Crippen molar-refractivity contribution in [1.82, 2.24) is 4.72 Å². The molecule has 0 fully saturated rings. The van der Waals surface area contributed by atoms with Gasteiger partial charge in [-0.15, -0.1) is 11.8 Å². The highest BCUT2D eigenvalue weighted by Gasteiger charge is 2.10. The quantitative estimate of drug-likeness (QED) is 0.639. The molecule has 0 bridgehead atoms. The van der Waals surface area contributed by atoms with Crippen LogP contribution in [-0.2, 0) is 10.0 Å². The molecule has 0 radical (unpaired) electrons. The third-order valence-corrected chi connectivity index (χ3v) is 4.64. The Morgan fingerprint density at radius 2 is 1.94 bits per heavy atom. The first-order valence-electron chi connectivity index (χ1n) is 4.95. The molecule has 1 atom stereocenters. The van der Waals surface area contributed by atoms with Gasteiger partial charge in [-0.25, -0.2) is 13.1 Å². The van der Waals surface area contributed by atoms with E-state index in [1.54, 1.807) is 12.1 Å². The molecule has 0 amide bonds. The van der Waals surface area contributed by atoms with Crippen LogP contribution in [0.4, 0.5) is 0 Å². The van der Waals surface area contributed by atoms with Crippen LogP contribution in [0.15, 0.2) is 34.1 Å². The predicted octanol–water partition coefficient (Wildman–Crippen LogP) is 0.0400. The molecule has 0 heterocycles. The van der Waals surface area contributed by atoms with E-state index in [0.29, 0.717) is 5.75 Å². The molecule has 5 nitrogen and oxygen atoms in total. The monoisotopic (exact) mass is 277 g/mol. The summed E-state index contributed by atoms with van der Waals surface area (Å²) in [6.45, 7) is -0.279. The molecule has 0 spiro atoms. The van der Waals surface area contributed by atoms with Crippen LogP contribution >= 0.6 is 11.8 Å². The summed E-state index contributed by atoms with van der Waals surface area (Å²) in [4.78, 5) is 1.04. The van der Waals surface area contributed by atoms with E-state index >= 15 is 0 Å². The Kier molecular flexibility index (Phi) is 5.41. The molecule has 1 rings (SSSR count). The standard InChI is InChI=1S/C10H15NO4S2/c1-11-17(14,15)10-4-2-9(3-5-10)16-7-8(13)6-12/h2-5,8,11-13H,6-7H2,1H3. The minimum absolute atomic E-state index is 0.201. The molecule has 1 aromatic rings. The maximum atomic E-state index is 11.4. The Labute approximate surface area is 105 Å². The molecule has 3 N–H and O–H groups in total. The SMILES string of the molecule is CNS(=O)(=O)c1ccc(SCC(O)CO)cc1. The van der Waals surface area contributed by atoms with Gasteiger partial charge < -0.3 is 10.2 Å². The van der Waals surface area contributed by atoms with Crippen molar-refractivity contribution in [2.24, 2.45) is 0 Å². The minimum Gasteiger partial charge on any atom is -0.394 e. The first-order chi connectivity index (χ1) is 7.99. The summed E-state index contributed by atoms with van der Waals surface area (Å²) in [5.41, 5.74) is 0. The summed E-state index contributed by atoms with van der Waals surface area (Å²) < 4.78 is 25.1. The summed E-state index contributed by atoms with van der Waals surface area (Å²) in [5, 5.41) is 17.8. The Morgan fingerprint density at radius 1 is 1.35 bits per heavy atom. The Bertz CT molecular complexity index is 444. The van der Waals surface area contributed by atoms with E-state index < -0.39 is 16.1 Å². The van der Waals surface area contributed by atoms with Crippen molar-refractivity contribution in [3.8, 4) is 0 Å². The first kappa shape index (κ1) is 14.5. The van der Waals surface area contributed by atoms with Gasteiger partial charge in [-0.1, -0.05) is 0 Å². The summed E-state index contributed by atoms with van der Waals surface area (Å²) >= 11 is 1.35. The average molecular weight is 277 g/mol. The van der Waals surface area contributed by atoms with Gasteiger partial charge in [0.05, 0.1) is 17.6 Å². The summed E-state index contributed by atoms with van der Waals surface area (Å²) in [5.74, 6) is 0.370. The number of hydrogen-bond acceptors (Lipinski definition) is 5. The van der Waals surface area contributed by atoms with Crippen molar-refractivity contribution in [2.45, 2.75) is 15.9 Å². The summed E-state index contributed by atoms with van der Waals surface area (Å²) in [6.07, 6.45) is -0.763. The second kappa shape index (κ2) is 6.36. The molecule has 1 aromatic carbocycles. The lowest BCUT2D eigenvalue weighted by Crippen LogP contribution is -2.18. The fourth-order valence-corrected chi connectivity index (χ4v) is 2.63. The van der Waals surface area contributed by atoms with Crippen LogP contribution in [0, 0.1) is 0 Å². The van der Waals surface area contributed by atoms with Gasteiger partial charge in [0.15, 0.2) is 0 Å². The molecule has 0 saturated heterocycles. The number of benzene rings is 1. The highest BCUT2D eigenvalue weighted by Crippen LogP contribution is 2.20. The first-order valence-corrected chi connectivity index (χ1v) is 7.42. The Morgan fingerprint density at radius 3 is 2.41 bits per heavy atom. The maximum absolute atomic E-state index is 11.4. The van der Waals surface area contributed by atoms with Gasteiger partial charge in [0.25, 0.3) is 0 Å². The van der Waals surface area contributed by atoms with Gasteiger partial charge in [-0.3, -0.25) is 0 Å².